The molecule has 1 N–H and O–H groups in total. The maximum Gasteiger partial charge on any atom is 0.322 e. The molecule has 5 atom stereocenters. The standard InChI is InChI=1S/C30H32Cl2N4O5S/c1-35(2)42(38,39)19-6-3-5-17(13-19)33-30(37)36-18-11-12-24(36)25-20(14-18)29(25)40-15-21-27(34-41-28(21)16-9-10-16)26-22(31)7-4-8-23(26)32/h3-8,13,16,18,20,24-25,29H,9-12,14-15H2,1-2H3,(H,33,37)/t18?,20?,24?,25?,29-/m0/s1. The van der Waals surface area contributed by atoms with E-state index in [1.54, 1.807) is 30.3 Å². The maximum absolute atomic E-state index is 13.5. The number of aromatic nitrogens is 1. The zero-order chi connectivity index (χ0) is 29.3. The number of piperidine rings is 1. The summed E-state index contributed by atoms with van der Waals surface area (Å²) in [6.07, 6.45) is 4.93. The van der Waals surface area contributed by atoms with E-state index in [4.69, 9.17) is 32.5 Å². The van der Waals surface area contributed by atoms with Crippen LogP contribution in [-0.4, -0.2) is 61.1 Å². The molecule has 2 aliphatic heterocycles. The summed E-state index contributed by atoms with van der Waals surface area (Å²) >= 11 is 13.0. The van der Waals surface area contributed by atoms with Crippen molar-refractivity contribution in [2.45, 2.75) is 67.7 Å². The lowest BCUT2D eigenvalue weighted by Crippen LogP contribution is -2.47. The van der Waals surface area contributed by atoms with Crippen LogP contribution in [0.25, 0.3) is 11.3 Å². The van der Waals surface area contributed by atoms with Crippen molar-refractivity contribution in [1.29, 1.82) is 0 Å². The van der Waals surface area contributed by atoms with Crippen molar-refractivity contribution in [2.75, 3.05) is 19.4 Å². The molecule has 12 heteroatoms. The first kappa shape index (κ1) is 28.2. The third-order valence-electron chi connectivity index (χ3n) is 9.17. The van der Waals surface area contributed by atoms with Crippen LogP contribution in [0, 0.1) is 11.8 Å². The zero-order valence-corrected chi connectivity index (χ0v) is 25.6. The number of hydrogen-bond acceptors (Lipinski definition) is 6. The highest BCUT2D eigenvalue weighted by Crippen LogP contribution is 2.58. The minimum absolute atomic E-state index is 0.0423. The van der Waals surface area contributed by atoms with E-state index in [9.17, 15) is 13.2 Å². The second kappa shape index (κ2) is 10.5. The van der Waals surface area contributed by atoms with E-state index < -0.39 is 10.0 Å². The lowest BCUT2D eigenvalue weighted by atomic mass is 10.0. The molecule has 3 aromatic rings. The van der Waals surface area contributed by atoms with Crippen LogP contribution in [-0.2, 0) is 21.4 Å². The Kier molecular flexibility index (Phi) is 7.05. The number of benzene rings is 2. The SMILES string of the molecule is CN(C)S(=O)(=O)c1cccc(NC(=O)N2C3CCC2C2C(C3)[C@@H]2OCc2c(-c3c(Cl)cccc3Cl)noc2C2CC2)c1. The van der Waals surface area contributed by atoms with Crippen LogP contribution in [0.2, 0.25) is 10.0 Å². The summed E-state index contributed by atoms with van der Waals surface area (Å²) in [7, 11) is -0.638. The molecule has 2 saturated carbocycles. The molecule has 0 spiro atoms. The van der Waals surface area contributed by atoms with Gasteiger partial charge in [-0.3, -0.25) is 0 Å². The Labute approximate surface area is 255 Å². The second-order valence-electron chi connectivity index (χ2n) is 11.9. The molecule has 4 unspecified atom stereocenters. The van der Waals surface area contributed by atoms with Crippen LogP contribution in [0.4, 0.5) is 10.5 Å². The third-order valence-corrected chi connectivity index (χ3v) is 11.6. The second-order valence-corrected chi connectivity index (χ2v) is 14.9. The number of sulfonamides is 1. The van der Waals surface area contributed by atoms with Gasteiger partial charge in [0.05, 0.1) is 27.7 Å². The highest BCUT2D eigenvalue weighted by molar-refractivity contribution is 7.89. The van der Waals surface area contributed by atoms with Gasteiger partial charge in [-0.1, -0.05) is 40.5 Å². The molecule has 222 valence electrons. The summed E-state index contributed by atoms with van der Waals surface area (Å²) in [6, 6.07) is 11.8. The van der Waals surface area contributed by atoms with Crippen molar-refractivity contribution >= 4 is 44.9 Å². The number of halogens is 2. The average molecular weight is 632 g/mol. The summed E-state index contributed by atoms with van der Waals surface area (Å²) in [6.45, 7) is 0.348. The largest absolute Gasteiger partial charge is 0.373 e. The molecule has 42 heavy (non-hydrogen) atoms. The smallest absolute Gasteiger partial charge is 0.322 e. The molecule has 4 fully saturated rings. The van der Waals surface area contributed by atoms with Gasteiger partial charge in [0.2, 0.25) is 10.0 Å². The van der Waals surface area contributed by atoms with Gasteiger partial charge in [-0.05, 0) is 68.4 Å². The number of fused-ring (bicyclic) bond motifs is 4. The van der Waals surface area contributed by atoms with E-state index in [1.807, 2.05) is 4.90 Å². The summed E-state index contributed by atoms with van der Waals surface area (Å²) in [4.78, 5) is 15.6. The van der Waals surface area contributed by atoms with Crippen LogP contribution in [0.1, 0.15) is 49.3 Å². The number of nitrogens with one attached hydrogen (secondary N) is 1. The van der Waals surface area contributed by atoms with E-state index >= 15 is 0 Å². The molecule has 2 saturated heterocycles. The van der Waals surface area contributed by atoms with Crippen LogP contribution < -0.4 is 5.32 Å². The molecule has 2 aromatic carbocycles. The Hall–Kier alpha value is -2.63. The third kappa shape index (κ3) is 4.81. The molecule has 0 radical (unpaired) electrons. The molecular weight excluding hydrogens is 599 g/mol. The van der Waals surface area contributed by atoms with Crippen LogP contribution in [0.15, 0.2) is 51.9 Å². The molecule has 2 aliphatic carbocycles. The molecule has 7 rings (SSSR count). The molecule has 2 amide bonds. The monoisotopic (exact) mass is 630 g/mol. The normalized spacial score (nSPS) is 26.4. The summed E-state index contributed by atoms with van der Waals surface area (Å²) in [5, 5.41) is 8.36. The van der Waals surface area contributed by atoms with Gasteiger partial charge >= 0.3 is 6.03 Å². The lowest BCUT2D eigenvalue weighted by Gasteiger charge is -2.34. The molecule has 2 bridgehead atoms. The van der Waals surface area contributed by atoms with Crippen LogP contribution in [0.3, 0.4) is 0 Å². The molecule has 9 nitrogen and oxygen atoms in total. The Morgan fingerprint density at radius 2 is 1.86 bits per heavy atom. The Morgan fingerprint density at radius 1 is 1.12 bits per heavy atom. The average Bonchev–Trinajstić information content (AvgIpc) is 3.85. The van der Waals surface area contributed by atoms with E-state index in [-0.39, 0.29) is 35.0 Å². The van der Waals surface area contributed by atoms with Gasteiger partial charge in [0.25, 0.3) is 0 Å². The first-order chi connectivity index (χ1) is 20.1. The first-order valence-electron chi connectivity index (χ1n) is 14.3. The Bertz CT molecular complexity index is 1640. The predicted molar refractivity (Wildman–Crippen MR) is 159 cm³/mol. The molecular formula is C30H32Cl2N4O5S. The van der Waals surface area contributed by atoms with Gasteiger partial charge in [-0.25, -0.2) is 17.5 Å². The van der Waals surface area contributed by atoms with Gasteiger partial charge in [0.15, 0.2) is 0 Å². The number of amides is 2. The van der Waals surface area contributed by atoms with Gasteiger partial charge in [-0.15, -0.1) is 0 Å². The van der Waals surface area contributed by atoms with Gasteiger partial charge in [0, 0.05) is 54.8 Å². The molecule has 4 aliphatic rings. The van der Waals surface area contributed by atoms with Crippen molar-refractivity contribution in [3.05, 3.63) is 63.8 Å². The summed E-state index contributed by atoms with van der Waals surface area (Å²) < 4.78 is 38.7. The Morgan fingerprint density at radius 3 is 2.57 bits per heavy atom. The minimum atomic E-state index is -3.61. The van der Waals surface area contributed by atoms with Crippen molar-refractivity contribution in [3.63, 3.8) is 0 Å². The quantitative estimate of drug-likeness (QED) is 0.310. The van der Waals surface area contributed by atoms with E-state index in [0.29, 0.717) is 45.4 Å². The van der Waals surface area contributed by atoms with Gasteiger partial charge in [0.1, 0.15) is 11.5 Å². The number of carbonyl (C=O) groups excluding carboxylic acids is 1. The topological polar surface area (TPSA) is 105 Å². The number of anilines is 1. The maximum atomic E-state index is 13.5. The number of urea groups is 1. The van der Waals surface area contributed by atoms with Crippen molar-refractivity contribution in [2.24, 2.45) is 11.8 Å². The van der Waals surface area contributed by atoms with E-state index in [2.05, 4.69) is 10.5 Å². The number of nitrogens with zero attached hydrogens (tertiary/aromatic N) is 3. The van der Waals surface area contributed by atoms with Gasteiger partial charge < -0.3 is 19.5 Å². The zero-order valence-electron chi connectivity index (χ0n) is 23.3. The molecule has 1 aromatic heterocycles. The van der Waals surface area contributed by atoms with Crippen LogP contribution in [0.5, 0.6) is 0 Å². The van der Waals surface area contributed by atoms with Crippen molar-refractivity contribution < 1.29 is 22.5 Å². The fraction of sp³-hybridized carbons (Fsp3) is 0.467. The number of ether oxygens (including phenoxy) is 1. The highest BCUT2D eigenvalue weighted by atomic mass is 35.5. The van der Waals surface area contributed by atoms with Crippen molar-refractivity contribution in [3.8, 4) is 11.3 Å². The minimum Gasteiger partial charge on any atom is -0.373 e. The fourth-order valence-corrected chi connectivity index (χ4v) is 8.44. The van der Waals surface area contributed by atoms with Crippen LogP contribution >= 0.6 is 23.2 Å². The number of rotatable bonds is 8. The van der Waals surface area contributed by atoms with Crippen molar-refractivity contribution in [1.82, 2.24) is 14.4 Å². The Balaban J connectivity index is 1.06. The fourth-order valence-electron chi connectivity index (χ4n) is 6.91. The van der Waals surface area contributed by atoms with E-state index in [1.165, 1.54) is 26.2 Å². The summed E-state index contributed by atoms with van der Waals surface area (Å²) in [5.41, 5.74) is 2.66. The summed E-state index contributed by atoms with van der Waals surface area (Å²) in [5.74, 6) is 1.85. The highest BCUT2D eigenvalue weighted by Gasteiger charge is 2.64. The number of carbonyl (C=O) groups is 1. The number of hydrogen-bond donors (Lipinski definition) is 1. The van der Waals surface area contributed by atoms with Gasteiger partial charge in [-0.2, -0.15) is 0 Å². The predicted octanol–water partition coefficient (Wildman–Crippen LogP) is 6.38. The lowest BCUT2D eigenvalue weighted by molar-refractivity contribution is 0.0827. The first-order valence-corrected chi connectivity index (χ1v) is 16.5. The molecule has 3 heterocycles. The van der Waals surface area contributed by atoms with E-state index in [0.717, 1.165) is 47.7 Å².